The van der Waals surface area contributed by atoms with Crippen molar-refractivity contribution in [3.05, 3.63) is 74.6 Å². The number of hydrogen-bond donors (Lipinski definition) is 0. The van der Waals surface area contributed by atoms with Crippen LogP contribution in [-0.4, -0.2) is 11.9 Å². The van der Waals surface area contributed by atoms with Gasteiger partial charge in [-0.05, 0) is 26.0 Å². The maximum atomic E-state index is 10.5. The zero-order valence-electron chi connectivity index (χ0n) is 17.9. The number of benzene rings is 1. The topological polar surface area (TPSA) is 139 Å². The number of carbonyl (C=O) groups is 2. The second-order valence-corrected chi connectivity index (χ2v) is 5.91. The molecule has 2 aromatic heterocycles. The van der Waals surface area contributed by atoms with E-state index in [-0.39, 0.29) is 48.0 Å². The molecule has 0 atom stereocenters. The molecule has 0 aliphatic rings. The molecule has 200 valence electrons. The fraction of sp³-hybridized carbons (Fsp3) is 0.440. The van der Waals surface area contributed by atoms with E-state index >= 15 is 0 Å². The summed E-state index contributed by atoms with van der Waals surface area (Å²) in [7, 11) is 0. The molecule has 0 N–H and O–H groups in total. The van der Waals surface area contributed by atoms with Crippen molar-refractivity contribution in [1.29, 1.82) is 0 Å². The minimum Gasteiger partial charge on any atom is -0.458 e. The van der Waals surface area contributed by atoms with Crippen molar-refractivity contribution in [1.82, 2.24) is 0 Å². The van der Waals surface area contributed by atoms with Gasteiger partial charge in [-0.15, -0.1) is 0 Å². The fourth-order valence-corrected chi connectivity index (χ4v) is 2.02. The van der Waals surface area contributed by atoms with E-state index in [9.17, 15) is 19.2 Å². The van der Waals surface area contributed by atoms with Crippen LogP contribution in [0, 0.1) is 13.8 Å². The molecule has 3 rings (SSSR count). The Kier molecular flexibility index (Phi) is 21.6. The summed E-state index contributed by atoms with van der Waals surface area (Å²) in [5.41, 5.74) is 0. The Morgan fingerprint density at radius 3 is 1.51 bits per heavy atom. The largest absolute Gasteiger partial charge is 0.519 e. The highest BCUT2D eigenvalue weighted by Crippen LogP contribution is 2.08. The van der Waals surface area contributed by atoms with E-state index in [2.05, 4.69) is 22.4 Å². The van der Waals surface area contributed by atoms with Crippen LogP contribution in [0.1, 0.15) is 73.5 Å². The van der Waals surface area contributed by atoms with Gasteiger partial charge < -0.3 is 27.1 Å². The predicted octanol–water partition coefficient (Wildman–Crippen LogP) is 5.86. The summed E-state index contributed by atoms with van der Waals surface area (Å²) in [6, 6.07) is 8.98. The van der Waals surface area contributed by atoms with Gasteiger partial charge in [0.15, 0.2) is 18.1 Å². The smallest absolute Gasteiger partial charge is 0.458 e. The molecule has 0 amide bonds. The van der Waals surface area contributed by atoms with Gasteiger partial charge >= 0.3 is 23.6 Å². The van der Waals surface area contributed by atoms with Gasteiger partial charge in [0, 0.05) is 20.3 Å². The minimum atomic E-state index is -0.783. The summed E-state index contributed by atoms with van der Waals surface area (Å²) in [5.74, 6) is 0.289. The molecule has 35 heavy (non-hydrogen) atoms. The Bertz CT molecular complexity index is 1070. The van der Waals surface area contributed by atoms with Crippen LogP contribution in [0.15, 0.2) is 57.6 Å². The fourth-order valence-electron chi connectivity index (χ4n) is 2.02. The van der Waals surface area contributed by atoms with E-state index in [1.54, 1.807) is 26.0 Å². The first kappa shape index (κ1) is 38.4. The molecule has 0 bridgehead atoms. The third-order valence-corrected chi connectivity index (χ3v) is 3.40. The molecule has 1 aromatic carbocycles. The van der Waals surface area contributed by atoms with Crippen molar-refractivity contribution < 1.29 is 36.7 Å². The molecule has 10 nitrogen and oxygen atoms in total. The molecule has 0 unspecified atom stereocenters. The predicted molar refractivity (Wildman–Crippen MR) is 133 cm³/mol. The Morgan fingerprint density at radius 2 is 1.20 bits per heavy atom. The van der Waals surface area contributed by atoms with Crippen molar-refractivity contribution in [3.8, 4) is 5.75 Å². The summed E-state index contributed by atoms with van der Waals surface area (Å²) in [6.07, 6.45) is 0.706. The number of hydrogen-bond acceptors (Lipinski definition) is 10. The molecule has 0 saturated heterocycles. The summed E-state index contributed by atoms with van der Waals surface area (Å²) in [4.78, 5) is 41.6. The van der Waals surface area contributed by atoms with Gasteiger partial charge in [-0.3, -0.25) is 9.59 Å². The van der Waals surface area contributed by atoms with Crippen LogP contribution < -0.4 is 16.4 Å². The van der Waals surface area contributed by atoms with E-state index < -0.39 is 17.6 Å². The minimum absolute atomic E-state index is 0. The van der Waals surface area contributed by atoms with Gasteiger partial charge in [-0.2, -0.15) is 0 Å². The normalized spacial score (nSPS) is 8.49. The molecule has 10 heteroatoms. The molecule has 0 aliphatic heterocycles. The quantitative estimate of drug-likeness (QED) is 0.316. The van der Waals surface area contributed by atoms with E-state index in [4.69, 9.17) is 4.74 Å². The summed E-state index contributed by atoms with van der Waals surface area (Å²) in [5, 5.41) is 0. The van der Waals surface area contributed by atoms with Crippen LogP contribution >= 0.6 is 0 Å². The van der Waals surface area contributed by atoms with Gasteiger partial charge in [0.25, 0.3) is 0 Å². The summed E-state index contributed by atoms with van der Waals surface area (Å²) < 4.78 is 27.7. The molecule has 0 radical (unpaired) electrons. The molecule has 3 aromatic rings. The SMILES string of the molecule is C.C.C.C.CC(=O)OCc1oc(=O)oc1C.CC(=O)Oc1ccccc1.CCc1oc(=O)oc1C. The third-order valence-electron chi connectivity index (χ3n) is 3.40. The summed E-state index contributed by atoms with van der Waals surface area (Å²) >= 11 is 0. The molecule has 2 heterocycles. The van der Waals surface area contributed by atoms with Crippen LogP contribution in [0.2, 0.25) is 0 Å². The maximum absolute atomic E-state index is 10.5. The lowest BCUT2D eigenvalue weighted by Crippen LogP contribution is -2.00. The Hall–Kier alpha value is -3.82. The molecular weight excluding hydrogens is 460 g/mol. The van der Waals surface area contributed by atoms with Crippen molar-refractivity contribution >= 4 is 11.9 Å². The standard InChI is InChI=1S/C8H8O2.C7H8O5.C6H8O3.4CH4/c1-7(9)10-8-5-3-2-4-6-8;1-4-6(3-10-5(2)8)12-7(9)11-4;1-3-5-4(2)8-6(7)9-5;;;;/h2-6H,1H3;3H2,1-2H3;3H2,1-2H3;4*1H4. The highest BCUT2D eigenvalue weighted by Gasteiger charge is 2.09. The monoisotopic (exact) mass is 500 g/mol. The van der Waals surface area contributed by atoms with Crippen LogP contribution in [0.4, 0.5) is 0 Å². The second kappa shape index (κ2) is 19.6. The Morgan fingerprint density at radius 1 is 0.743 bits per heavy atom. The van der Waals surface area contributed by atoms with Gasteiger partial charge in [-0.25, -0.2) is 9.59 Å². The van der Waals surface area contributed by atoms with Gasteiger partial charge in [0.2, 0.25) is 0 Å². The number of aryl methyl sites for hydroxylation is 3. The van der Waals surface area contributed by atoms with E-state index in [1.807, 2.05) is 25.1 Å². The average molecular weight is 501 g/mol. The number of rotatable bonds is 4. The molecule has 0 saturated carbocycles. The average Bonchev–Trinajstić information content (AvgIpc) is 3.20. The van der Waals surface area contributed by atoms with Crippen LogP contribution in [-0.2, 0) is 27.4 Å². The van der Waals surface area contributed by atoms with E-state index in [0.29, 0.717) is 29.5 Å². The highest BCUT2D eigenvalue weighted by molar-refractivity contribution is 5.69. The first-order valence-electron chi connectivity index (χ1n) is 9.18. The van der Waals surface area contributed by atoms with Crippen LogP contribution in [0.5, 0.6) is 5.75 Å². The molecular formula is C25H40O10. The van der Waals surface area contributed by atoms with Gasteiger partial charge in [0.05, 0.1) is 0 Å². The zero-order valence-corrected chi connectivity index (χ0v) is 17.9. The number of para-hydroxylation sites is 1. The van der Waals surface area contributed by atoms with Crippen molar-refractivity contribution in [2.24, 2.45) is 0 Å². The van der Waals surface area contributed by atoms with E-state index in [1.165, 1.54) is 13.8 Å². The zero-order chi connectivity index (χ0) is 23.4. The lowest BCUT2D eigenvalue weighted by atomic mass is 10.3. The molecule has 0 fully saturated rings. The van der Waals surface area contributed by atoms with Crippen molar-refractivity contribution in [2.75, 3.05) is 0 Å². The van der Waals surface area contributed by atoms with Crippen molar-refractivity contribution in [2.45, 2.75) is 77.4 Å². The molecule has 0 aliphatic carbocycles. The van der Waals surface area contributed by atoms with Gasteiger partial charge in [-0.1, -0.05) is 54.8 Å². The maximum Gasteiger partial charge on any atom is 0.519 e. The number of ether oxygens (including phenoxy) is 2. The Balaban J connectivity index is -0.000000197. The lowest BCUT2D eigenvalue weighted by Gasteiger charge is -1.97. The van der Waals surface area contributed by atoms with Crippen molar-refractivity contribution in [3.63, 3.8) is 0 Å². The Labute approximate surface area is 206 Å². The first-order valence-corrected chi connectivity index (χ1v) is 9.18. The first-order chi connectivity index (χ1) is 14.6. The second-order valence-electron chi connectivity index (χ2n) is 5.91. The molecule has 0 spiro atoms. The van der Waals surface area contributed by atoms with Crippen LogP contribution in [0.3, 0.4) is 0 Å². The summed E-state index contributed by atoms with van der Waals surface area (Å²) in [6.45, 7) is 7.77. The highest BCUT2D eigenvalue weighted by atomic mass is 16.6. The van der Waals surface area contributed by atoms with Gasteiger partial charge in [0.1, 0.15) is 17.3 Å². The number of carbonyl (C=O) groups excluding carboxylic acids is 2. The third kappa shape index (κ3) is 15.6. The lowest BCUT2D eigenvalue weighted by molar-refractivity contribution is -0.142. The van der Waals surface area contributed by atoms with Crippen LogP contribution in [0.25, 0.3) is 0 Å². The number of esters is 2. The van der Waals surface area contributed by atoms with E-state index in [0.717, 1.165) is 0 Å².